The fraction of sp³-hybridized carbons (Fsp3) is 0.297. The summed E-state index contributed by atoms with van der Waals surface area (Å²) in [5.74, 6) is -3.10. The van der Waals surface area contributed by atoms with E-state index in [1.54, 1.807) is 24.5 Å². The van der Waals surface area contributed by atoms with Gasteiger partial charge in [0.05, 0.1) is 6.04 Å². The number of nitrogens with two attached hydrogens (primary N) is 2. The lowest BCUT2D eigenvalue weighted by Gasteiger charge is -2.25. The van der Waals surface area contributed by atoms with E-state index in [-0.39, 0.29) is 31.4 Å². The van der Waals surface area contributed by atoms with E-state index in [0.29, 0.717) is 30.5 Å². The number of hydrogen-bond donors (Lipinski definition) is 9. The molecule has 13 heteroatoms. The van der Waals surface area contributed by atoms with Crippen molar-refractivity contribution in [2.24, 2.45) is 11.5 Å². The molecule has 3 aromatic carbocycles. The first-order chi connectivity index (χ1) is 24.1. The van der Waals surface area contributed by atoms with Crippen molar-refractivity contribution in [1.82, 2.24) is 25.9 Å². The average Bonchev–Trinajstić information content (AvgIpc) is 3.71. The molecule has 2 heterocycles. The van der Waals surface area contributed by atoms with Gasteiger partial charge in [-0.15, -0.1) is 0 Å². The molecule has 13 nitrogen and oxygen atoms in total. The van der Waals surface area contributed by atoms with Gasteiger partial charge in [0.15, 0.2) is 0 Å². The minimum atomic E-state index is -1.30. The summed E-state index contributed by atoms with van der Waals surface area (Å²) in [6, 6.07) is 16.7. The third kappa shape index (κ3) is 9.07. The first-order valence-electron chi connectivity index (χ1n) is 16.6. The van der Waals surface area contributed by atoms with Gasteiger partial charge in [-0.2, -0.15) is 0 Å². The van der Waals surface area contributed by atoms with Crippen LogP contribution in [0.1, 0.15) is 36.0 Å². The normalized spacial score (nSPS) is 13.7. The van der Waals surface area contributed by atoms with Crippen molar-refractivity contribution in [3.05, 3.63) is 102 Å². The van der Waals surface area contributed by atoms with Crippen molar-refractivity contribution >= 4 is 45.5 Å². The number of rotatable bonds is 17. The lowest BCUT2D eigenvalue weighted by Crippen LogP contribution is -2.58. The number of benzene rings is 3. The van der Waals surface area contributed by atoms with E-state index >= 15 is 0 Å². The third-order valence-corrected chi connectivity index (χ3v) is 8.75. The number of phenols is 1. The lowest BCUT2D eigenvalue weighted by molar-refractivity contribution is -0.142. The molecule has 5 rings (SSSR count). The molecule has 50 heavy (non-hydrogen) atoms. The SMILES string of the molecule is NCCCCC(NC(=O)C(N)Cc1c[nH]c2ccccc12)C(=O)NC(Cc1ccc(O)cc1)C(=O)NC(Cc1c[nH]c2ccccc12)C(=O)O. The van der Waals surface area contributed by atoms with Gasteiger partial charge in [0.2, 0.25) is 17.7 Å². The highest BCUT2D eigenvalue weighted by molar-refractivity contribution is 5.95. The molecule has 0 radical (unpaired) electrons. The van der Waals surface area contributed by atoms with Gasteiger partial charge >= 0.3 is 5.97 Å². The number of para-hydroxylation sites is 2. The number of amides is 3. The van der Waals surface area contributed by atoms with Gasteiger partial charge in [0, 0.05) is 47.0 Å². The Hall–Kier alpha value is -5.66. The summed E-state index contributed by atoms with van der Waals surface area (Å²) in [5, 5.41) is 29.8. The minimum absolute atomic E-state index is 0.00293. The zero-order valence-electron chi connectivity index (χ0n) is 27.5. The van der Waals surface area contributed by atoms with Crippen molar-refractivity contribution in [2.45, 2.75) is 62.7 Å². The molecule has 4 atom stereocenters. The molecular formula is C37H43N7O6. The number of aromatic nitrogens is 2. The molecule has 0 fully saturated rings. The maximum atomic E-state index is 13.8. The van der Waals surface area contributed by atoms with E-state index in [2.05, 4.69) is 25.9 Å². The fourth-order valence-corrected chi connectivity index (χ4v) is 6.01. The predicted octanol–water partition coefficient (Wildman–Crippen LogP) is 2.38. The maximum absolute atomic E-state index is 13.8. The molecule has 0 saturated heterocycles. The van der Waals surface area contributed by atoms with Gasteiger partial charge in [-0.1, -0.05) is 48.5 Å². The number of hydrogen-bond acceptors (Lipinski definition) is 7. The Morgan fingerprint density at radius 1 is 0.660 bits per heavy atom. The van der Waals surface area contributed by atoms with Crippen LogP contribution in [0.4, 0.5) is 0 Å². The Morgan fingerprint density at radius 2 is 1.20 bits per heavy atom. The smallest absolute Gasteiger partial charge is 0.326 e. The van der Waals surface area contributed by atoms with E-state index < -0.39 is 47.9 Å². The van der Waals surface area contributed by atoms with E-state index in [0.717, 1.165) is 27.4 Å². The minimum Gasteiger partial charge on any atom is -0.508 e. The van der Waals surface area contributed by atoms with Crippen LogP contribution in [0, 0.1) is 0 Å². The summed E-state index contributed by atoms with van der Waals surface area (Å²) in [5.41, 5.74) is 15.9. The zero-order chi connectivity index (χ0) is 35.6. The summed E-state index contributed by atoms with van der Waals surface area (Å²) in [6.45, 7) is 0.390. The van der Waals surface area contributed by atoms with Gasteiger partial charge in [-0.05, 0) is 73.2 Å². The molecule has 0 aliphatic rings. The second-order valence-electron chi connectivity index (χ2n) is 12.4. The van der Waals surface area contributed by atoms with Crippen LogP contribution in [0.15, 0.2) is 85.2 Å². The monoisotopic (exact) mass is 681 g/mol. The Bertz CT molecular complexity index is 1940. The number of nitrogens with one attached hydrogen (secondary N) is 5. The lowest BCUT2D eigenvalue weighted by atomic mass is 10.0. The second-order valence-corrected chi connectivity index (χ2v) is 12.4. The maximum Gasteiger partial charge on any atom is 0.326 e. The Balaban J connectivity index is 1.32. The molecular weight excluding hydrogens is 638 g/mol. The van der Waals surface area contributed by atoms with Crippen LogP contribution in [0.3, 0.4) is 0 Å². The topological polar surface area (TPSA) is 228 Å². The fourth-order valence-electron chi connectivity index (χ4n) is 6.01. The number of carboxylic acids is 1. The van der Waals surface area contributed by atoms with Crippen LogP contribution < -0.4 is 27.4 Å². The number of carbonyl (C=O) groups is 4. The largest absolute Gasteiger partial charge is 0.508 e. The molecule has 0 aliphatic heterocycles. The Labute approximate surface area is 288 Å². The second kappa shape index (κ2) is 16.6. The highest BCUT2D eigenvalue weighted by Gasteiger charge is 2.31. The van der Waals surface area contributed by atoms with Gasteiger partial charge in [0.25, 0.3) is 0 Å². The van der Waals surface area contributed by atoms with E-state index in [4.69, 9.17) is 11.5 Å². The van der Waals surface area contributed by atoms with E-state index in [1.807, 2.05) is 48.5 Å². The first kappa shape index (κ1) is 35.6. The molecule has 262 valence electrons. The molecule has 2 aromatic heterocycles. The highest BCUT2D eigenvalue weighted by atomic mass is 16.4. The van der Waals surface area contributed by atoms with Crippen molar-refractivity contribution in [3.63, 3.8) is 0 Å². The Kier molecular flexibility index (Phi) is 11.9. The number of phenolic OH excluding ortho intramolecular Hbond substituents is 1. The highest BCUT2D eigenvalue weighted by Crippen LogP contribution is 2.21. The summed E-state index contributed by atoms with van der Waals surface area (Å²) >= 11 is 0. The van der Waals surface area contributed by atoms with Gasteiger partial charge < -0.3 is 47.6 Å². The number of fused-ring (bicyclic) bond motifs is 2. The van der Waals surface area contributed by atoms with Crippen molar-refractivity contribution < 1.29 is 29.4 Å². The number of unbranched alkanes of at least 4 members (excludes halogenated alkanes) is 1. The number of carbonyl (C=O) groups excluding carboxylic acids is 3. The van der Waals surface area contributed by atoms with E-state index in [1.165, 1.54) is 12.1 Å². The van der Waals surface area contributed by atoms with Gasteiger partial charge in [-0.25, -0.2) is 4.79 Å². The first-order valence-corrected chi connectivity index (χ1v) is 16.6. The summed E-state index contributed by atoms with van der Waals surface area (Å²) in [4.78, 5) is 59.6. The van der Waals surface area contributed by atoms with Crippen LogP contribution in [0.5, 0.6) is 5.75 Å². The number of aromatic hydroxyl groups is 1. The molecule has 0 aliphatic carbocycles. The molecule has 0 bridgehead atoms. The molecule has 11 N–H and O–H groups in total. The van der Waals surface area contributed by atoms with Crippen molar-refractivity contribution in [2.75, 3.05) is 6.54 Å². The van der Waals surface area contributed by atoms with Gasteiger partial charge in [0.1, 0.15) is 23.9 Å². The molecule has 5 aromatic rings. The van der Waals surface area contributed by atoms with Crippen LogP contribution in [0.25, 0.3) is 21.8 Å². The van der Waals surface area contributed by atoms with Crippen LogP contribution in [-0.4, -0.2) is 74.6 Å². The van der Waals surface area contributed by atoms with Crippen LogP contribution in [0.2, 0.25) is 0 Å². The number of carboxylic acid groups (broad SMARTS) is 1. The van der Waals surface area contributed by atoms with Crippen LogP contribution >= 0.6 is 0 Å². The van der Waals surface area contributed by atoms with Crippen LogP contribution in [-0.2, 0) is 38.4 Å². The number of aliphatic carboxylic acids is 1. The Morgan fingerprint density at radius 3 is 1.80 bits per heavy atom. The quantitative estimate of drug-likeness (QED) is 0.0660. The number of aromatic amines is 2. The van der Waals surface area contributed by atoms with Crippen molar-refractivity contribution in [3.8, 4) is 5.75 Å². The summed E-state index contributed by atoms with van der Waals surface area (Å²) < 4.78 is 0. The average molecular weight is 682 g/mol. The third-order valence-electron chi connectivity index (χ3n) is 8.75. The molecule has 0 spiro atoms. The predicted molar refractivity (Wildman–Crippen MR) is 190 cm³/mol. The summed E-state index contributed by atoms with van der Waals surface area (Å²) in [7, 11) is 0. The standard InChI is InChI=1S/C37H43N7O6/c38-16-6-5-11-31(42-34(46)28(39)18-23-20-40-29-9-3-1-7-26(23)29)35(47)43-32(17-22-12-14-25(45)15-13-22)36(48)44-33(37(49)50)19-24-21-41-30-10-4-2-8-27(24)30/h1-4,7-10,12-15,20-21,28,31-33,40-41,45H,5-6,11,16-19,38-39H2,(H,42,46)(H,43,47)(H,44,48)(H,49,50). The molecule has 3 amide bonds. The summed E-state index contributed by atoms with van der Waals surface area (Å²) in [6.07, 6.45) is 5.09. The van der Waals surface area contributed by atoms with E-state index in [9.17, 15) is 29.4 Å². The zero-order valence-corrected chi connectivity index (χ0v) is 27.5. The molecule has 0 saturated carbocycles. The molecule has 4 unspecified atom stereocenters. The number of H-pyrrole nitrogens is 2. The van der Waals surface area contributed by atoms with Crippen molar-refractivity contribution in [1.29, 1.82) is 0 Å². The van der Waals surface area contributed by atoms with Gasteiger partial charge in [-0.3, -0.25) is 14.4 Å².